The molecular weight excluding hydrogens is 424 g/mol. The molecular formula is C22H21ClN2O4S. The highest BCUT2D eigenvalue weighted by molar-refractivity contribution is 7.92. The summed E-state index contributed by atoms with van der Waals surface area (Å²) >= 11 is 6.10. The molecule has 0 saturated carbocycles. The molecule has 0 spiro atoms. The molecule has 3 aromatic carbocycles. The van der Waals surface area contributed by atoms with Gasteiger partial charge in [-0.05, 0) is 61.0 Å². The molecule has 0 bridgehead atoms. The van der Waals surface area contributed by atoms with Crippen molar-refractivity contribution in [2.45, 2.75) is 6.92 Å². The van der Waals surface area contributed by atoms with Gasteiger partial charge >= 0.3 is 0 Å². The van der Waals surface area contributed by atoms with Crippen molar-refractivity contribution in [1.29, 1.82) is 0 Å². The summed E-state index contributed by atoms with van der Waals surface area (Å²) in [5, 5.41) is 3.26. The summed E-state index contributed by atoms with van der Waals surface area (Å²) in [7, 11) is -1.93. The van der Waals surface area contributed by atoms with Crippen molar-refractivity contribution in [1.82, 2.24) is 0 Å². The molecule has 0 aliphatic rings. The van der Waals surface area contributed by atoms with Gasteiger partial charge in [0.2, 0.25) is 10.0 Å². The predicted octanol–water partition coefficient (Wildman–Crippen LogP) is 5.09. The quantitative estimate of drug-likeness (QED) is 0.574. The number of rotatable bonds is 6. The highest BCUT2D eigenvalue weighted by atomic mass is 35.5. The van der Waals surface area contributed by atoms with Gasteiger partial charge in [0.1, 0.15) is 5.75 Å². The normalized spacial score (nSPS) is 11.1. The monoisotopic (exact) mass is 444 g/mol. The number of anilines is 2. The summed E-state index contributed by atoms with van der Waals surface area (Å²) in [6.45, 7) is 1.75. The molecule has 6 nitrogen and oxygen atoms in total. The lowest BCUT2D eigenvalue weighted by molar-refractivity contribution is 0.102. The first-order chi connectivity index (χ1) is 14.1. The van der Waals surface area contributed by atoms with E-state index in [0.717, 1.165) is 6.26 Å². The SMILES string of the molecule is Cc1cc(C(=O)Nc2cc(Cl)ccc2Oc2ccccc2)ccc1N(C)S(C)(=O)=O. The van der Waals surface area contributed by atoms with Crippen LogP contribution in [0.3, 0.4) is 0 Å². The van der Waals surface area contributed by atoms with Crippen molar-refractivity contribution >= 4 is 38.9 Å². The summed E-state index contributed by atoms with van der Waals surface area (Å²) in [6, 6.07) is 19.0. The Morgan fingerprint density at radius 2 is 1.73 bits per heavy atom. The van der Waals surface area contributed by atoms with Gasteiger partial charge in [-0.2, -0.15) is 0 Å². The second kappa shape index (κ2) is 8.77. The fourth-order valence-corrected chi connectivity index (χ4v) is 3.56. The first kappa shape index (κ1) is 21.7. The van der Waals surface area contributed by atoms with Crippen LogP contribution >= 0.6 is 11.6 Å². The maximum absolute atomic E-state index is 12.8. The number of ether oxygens (including phenoxy) is 1. The highest BCUT2D eigenvalue weighted by Gasteiger charge is 2.17. The number of nitrogens with one attached hydrogen (secondary N) is 1. The molecule has 3 rings (SSSR count). The standard InChI is InChI=1S/C22H21ClN2O4S/c1-15-13-16(9-11-20(15)25(2)30(3,27)28)22(26)24-19-14-17(23)10-12-21(19)29-18-7-5-4-6-8-18/h4-14H,1-3H3,(H,24,26). The first-order valence-electron chi connectivity index (χ1n) is 9.03. The number of carbonyl (C=O) groups excluding carboxylic acids is 1. The molecule has 0 radical (unpaired) electrons. The lowest BCUT2D eigenvalue weighted by Gasteiger charge is -2.19. The minimum absolute atomic E-state index is 0.369. The van der Waals surface area contributed by atoms with Crippen LogP contribution in [0.4, 0.5) is 11.4 Å². The number of halogens is 1. The number of carbonyl (C=O) groups is 1. The molecule has 0 saturated heterocycles. The zero-order chi connectivity index (χ0) is 21.9. The number of hydrogen-bond acceptors (Lipinski definition) is 4. The molecule has 1 amide bonds. The first-order valence-corrected chi connectivity index (χ1v) is 11.3. The van der Waals surface area contributed by atoms with E-state index in [-0.39, 0.29) is 5.91 Å². The minimum Gasteiger partial charge on any atom is -0.455 e. The van der Waals surface area contributed by atoms with Gasteiger partial charge in [0.05, 0.1) is 17.6 Å². The van der Waals surface area contributed by atoms with E-state index in [4.69, 9.17) is 16.3 Å². The van der Waals surface area contributed by atoms with Crippen LogP contribution < -0.4 is 14.4 Å². The molecule has 0 aromatic heterocycles. The average Bonchev–Trinajstić information content (AvgIpc) is 2.69. The zero-order valence-electron chi connectivity index (χ0n) is 16.7. The van der Waals surface area contributed by atoms with Crippen LogP contribution in [0, 0.1) is 6.92 Å². The van der Waals surface area contributed by atoms with Gasteiger partial charge < -0.3 is 10.1 Å². The van der Waals surface area contributed by atoms with E-state index in [9.17, 15) is 13.2 Å². The van der Waals surface area contributed by atoms with Crippen LogP contribution in [-0.2, 0) is 10.0 Å². The molecule has 1 N–H and O–H groups in total. The Bertz CT molecular complexity index is 1180. The third-order valence-corrected chi connectivity index (χ3v) is 5.88. The Labute approximate surface area is 181 Å². The summed E-state index contributed by atoms with van der Waals surface area (Å²) in [4.78, 5) is 12.8. The number of sulfonamides is 1. The van der Waals surface area contributed by atoms with Crippen LogP contribution in [0.2, 0.25) is 5.02 Å². The number of amides is 1. The predicted molar refractivity (Wildman–Crippen MR) is 120 cm³/mol. The maximum atomic E-state index is 12.8. The van der Waals surface area contributed by atoms with E-state index < -0.39 is 10.0 Å². The molecule has 30 heavy (non-hydrogen) atoms. The van der Waals surface area contributed by atoms with E-state index >= 15 is 0 Å². The largest absolute Gasteiger partial charge is 0.455 e. The van der Waals surface area contributed by atoms with Crippen molar-refractivity contribution in [2.24, 2.45) is 0 Å². The molecule has 8 heteroatoms. The Kier molecular flexibility index (Phi) is 6.34. The summed E-state index contributed by atoms with van der Waals surface area (Å²) < 4.78 is 30.6. The third-order valence-electron chi connectivity index (χ3n) is 4.46. The molecule has 0 atom stereocenters. The van der Waals surface area contributed by atoms with Crippen molar-refractivity contribution in [3.63, 3.8) is 0 Å². The van der Waals surface area contributed by atoms with Gasteiger partial charge in [0, 0.05) is 17.6 Å². The van der Waals surface area contributed by atoms with Gasteiger partial charge in [-0.1, -0.05) is 29.8 Å². The van der Waals surface area contributed by atoms with Crippen molar-refractivity contribution in [3.8, 4) is 11.5 Å². The molecule has 0 heterocycles. The Morgan fingerprint density at radius 3 is 2.37 bits per heavy atom. The van der Waals surface area contributed by atoms with Crippen LogP contribution in [0.5, 0.6) is 11.5 Å². The van der Waals surface area contributed by atoms with Crippen LogP contribution in [0.25, 0.3) is 0 Å². The number of benzene rings is 3. The Hall–Kier alpha value is -3.03. The van der Waals surface area contributed by atoms with Crippen LogP contribution in [-0.4, -0.2) is 27.6 Å². The zero-order valence-corrected chi connectivity index (χ0v) is 18.3. The molecule has 0 fully saturated rings. The minimum atomic E-state index is -3.40. The Balaban J connectivity index is 1.86. The number of nitrogens with zero attached hydrogens (tertiary/aromatic N) is 1. The summed E-state index contributed by atoms with van der Waals surface area (Å²) in [6.07, 6.45) is 1.13. The number of hydrogen-bond donors (Lipinski definition) is 1. The van der Waals surface area contributed by atoms with Crippen molar-refractivity contribution in [2.75, 3.05) is 22.9 Å². The third kappa shape index (κ3) is 5.11. The molecule has 0 aliphatic carbocycles. The fraction of sp³-hybridized carbons (Fsp3) is 0.136. The van der Waals surface area contributed by atoms with E-state index in [1.165, 1.54) is 11.4 Å². The van der Waals surface area contributed by atoms with E-state index in [0.29, 0.717) is 39.0 Å². The Morgan fingerprint density at radius 1 is 1.03 bits per heavy atom. The number of aryl methyl sites for hydroxylation is 1. The maximum Gasteiger partial charge on any atom is 0.255 e. The highest BCUT2D eigenvalue weighted by Crippen LogP contribution is 2.32. The van der Waals surface area contributed by atoms with Crippen molar-refractivity contribution < 1.29 is 17.9 Å². The summed E-state index contributed by atoms with van der Waals surface area (Å²) in [5.41, 5.74) is 1.96. The summed E-state index contributed by atoms with van der Waals surface area (Å²) in [5.74, 6) is 0.704. The number of para-hydroxylation sites is 1. The second-order valence-electron chi connectivity index (χ2n) is 6.74. The van der Waals surface area contributed by atoms with Crippen LogP contribution in [0.15, 0.2) is 66.7 Å². The topological polar surface area (TPSA) is 75.7 Å². The van der Waals surface area contributed by atoms with Gasteiger partial charge in [-0.15, -0.1) is 0 Å². The van der Waals surface area contributed by atoms with E-state index in [1.54, 1.807) is 55.5 Å². The van der Waals surface area contributed by atoms with E-state index in [2.05, 4.69) is 5.32 Å². The second-order valence-corrected chi connectivity index (χ2v) is 9.19. The van der Waals surface area contributed by atoms with Crippen LogP contribution in [0.1, 0.15) is 15.9 Å². The van der Waals surface area contributed by atoms with Crippen molar-refractivity contribution in [3.05, 3.63) is 82.9 Å². The smallest absolute Gasteiger partial charge is 0.255 e. The molecule has 156 valence electrons. The van der Waals surface area contributed by atoms with E-state index in [1.807, 2.05) is 18.2 Å². The molecule has 0 aliphatic heterocycles. The van der Waals surface area contributed by atoms with Gasteiger partial charge in [0.15, 0.2) is 5.75 Å². The molecule has 3 aromatic rings. The average molecular weight is 445 g/mol. The van der Waals surface area contributed by atoms with Gasteiger partial charge in [-0.25, -0.2) is 8.42 Å². The van der Waals surface area contributed by atoms with Gasteiger partial charge in [-0.3, -0.25) is 9.10 Å². The lowest BCUT2D eigenvalue weighted by Crippen LogP contribution is -2.25. The van der Waals surface area contributed by atoms with Gasteiger partial charge in [0.25, 0.3) is 5.91 Å². The lowest BCUT2D eigenvalue weighted by atomic mass is 10.1. The fourth-order valence-electron chi connectivity index (χ4n) is 2.83. The molecule has 0 unspecified atom stereocenters.